The second-order valence-corrected chi connectivity index (χ2v) is 6.41. The van der Waals surface area contributed by atoms with E-state index < -0.39 is 0 Å². The van der Waals surface area contributed by atoms with Gasteiger partial charge in [0.15, 0.2) is 0 Å². The molecule has 0 bridgehead atoms. The van der Waals surface area contributed by atoms with Crippen molar-refractivity contribution in [1.29, 1.82) is 0 Å². The summed E-state index contributed by atoms with van der Waals surface area (Å²) in [4.78, 5) is 14.5. The van der Waals surface area contributed by atoms with Gasteiger partial charge in [-0.2, -0.15) is 5.10 Å². The molecular formula is C15H21N7O. The average molecular weight is 315 g/mol. The molecule has 0 radical (unpaired) electrons. The van der Waals surface area contributed by atoms with Crippen LogP contribution >= 0.6 is 0 Å². The first-order chi connectivity index (χ1) is 11.1. The van der Waals surface area contributed by atoms with Crippen LogP contribution in [0.1, 0.15) is 36.7 Å². The molecule has 0 spiro atoms. The van der Waals surface area contributed by atoms with Gasteiger partial charge in [0.1, 0.15) is 11.9 Å². The van der Waals surface area contributed by atoms with Gasteiger partial charge in [-0.05, 0) is 26.2 Å². The molecule has 8 heteroatoms. The molecule has 3 heterocycles. The third-order valence-corrected chi connectivity index (χ3v) is 4.46. The van der Waals surface area contributed by atoms with Gasteiger partial charge in [0.25, 0.3) is 5.91 Å². The smallest absolute Gasteiger partial charge is 0.253 e. The predicted molar refractivity (Wildman–Crippen MR) is 83.8 cm³/mol. The van der Waals surface area contributed by atoms with Gasteiger partial charge in [0.05, 0.1) is 17.6 Å². The molecule has 122 valence electrons. The Kier molecular flexibility index (Phi) is 3.41. The zero-order valence-corrected chi connectivity index (χ0v) is 13.4. The van der Waals surface area contributed by atoms with Gasteiger partial charge >= 0.3 is 0 Å². The Labute approximate surface area is 134 Å². The van der Waals surface area contributed by atoms with Gasteiger partial charge in [0, 0.05) is 32.2 Å². The molecule has 1 unspecified atom stereocenters. The van der Waals surface area contributed by atoms with Crippen molar-refractivity contribution in [2.75, 3.05) is 11.4 Å². The largest absolute Gasteiger partial charge is 0.308 e. The van der Waals surface area contributed by atoms with Gasteiger partial charge in [-0.25, -0.2) is 4.68 Å². The van der Waals surface area contributed by atoms with Gasteiger partial charge in [-0.3, -0.25) is 14.4 Å². The molecule has 4 rings (SSSR count). The maximum Gasteiger partial charge on any atom is 0.253 e. The van der Waals surface area contributed by atoms with Crippen LogP contribution in [0.15, 0.2) is 12.3 Å². The fraction of sp³-hybridized carbons (Fsp3) is 0.600. The number of carbonyl (C=O) groups excluding carboxylic acids is 1. The maximum atomic E-state index is 12.7. The van der Waals surface area contributed by atoms with Crippen molar-refractivity contribution in [3.63, 3.8) is 0 Å². The van der Waals surface area contributed by atoms with Crippen LogP contribution in [0.25, 0.3) is 0 Å². The van der Waals surface area contributed by atoms with Crippen LogP contribution in [0.2, 0.25) is 0 Å². The Hall–Kier alpha value is -2.22. The monoisotopic (exact) mass is 315 g/mol. The molecule has 1 saturated heterocycles. The minimum absolute atomic E-state index is 0.0552. The summed E-state index contributed by atoms with van der Waals surface area (Å²) in [5, 5.41) is 16.1. The van der Waals surface area contributed by atoms with Gasteiger partial charge in [-0.1, -0.05) is 5.21 Å². The van der Waals surface area contributed by atoms with Crippen LogP contribution in [0.5, 0.6) is 0 Å². The molecule has 2 fully saturated rings. The van der Waals surface area contributed by atoms with Crippen molar-refractivity contribution in [3.05, 3.63) is 23.7 Å². The van der Waals surface area contributed by atoms with Gasteiger partial charge in [0.2, 0.25) is 0 Å². The van der Waals surface area contributed by atoms with Crippen molar-refractivity contribution < 1.29 is 4.79 Å². The first-order valence-corrected chi connectivity index (χ1v) is 8.08. The highest BCUT2D eigenvalue weighted by atomic mass is 16.2. The van der Waals surface area contributed by atoms with E-state index in [-0.39, 0.29) is 11.9 Å². The van der Waals surface area contributed by atoms with Crippen LogP contribution in [-0.4, -0.2) is 43.3 Å². The lowest BCUT2D eigenvalue weighted by atomic mass is 10.2. The lowest BCUT2D eigenvalue weighted by molar-refractivity contribution is -0.120. The summed E-state index contributed by atoms with van der Waals surface area (Å²) < 4.78 is 3.46. The molecule has 1 atom stereocenters. The molecule has 2 aromatic heterocycles. The summed E-state index contributed by atoms with van der Waals surface area (Å²) in [7, 11) is 1.86. The molecule has 1 aliphatic carbocycles. The fourth-order valence-corrected chi connectivity index (χ4v) is 3.07. The van der Waals surface area contributed by atoms with E-state index in [0.717, 1.165) is 30.2 Å². The topological polar surface area (TPSA) is 80.9 Å². The predicted octanol–water partition coefficient (Wildman–Crippen LogP) is 0.550. The molecule has 2 aromatic rings. The van der Waals surface area contributed by atoms with E-state index >= 15 is 0 Å². The molecule has 8 nitrogen and oxygen atoms in total. The summed E-state index contributed by atoms with van der Waals surface area (Å²) in [5.74, 6) is 0.894. The highest BCUT2D eigenvalue weighted by Crippen LogP contribution is 2.28. The molecule has 0 aromatic carbocycles. The number of nitrogens with one attached hydrogen (secondary N) is 1. The quantitative estimate of drug-likeness (QED) is 0.871. The number of carbonyl (C=O) groups is 1. The van der Waals surface area contributed by atoms with Crippen molar-refractivity contribution in [2.24, 2.45) is 7.05 Å². The third kappa shape index (κ3) is 2.74. The summed E-state index contributed by atoms with van der Waals surface area (Å²) in [6, 6.07) is 2.30. The van der Waals surface area contributed by atoms with Crippen LogP contribution in [-0.2, 0) is 18.4 Å². The number of aromatic nitrogens is 5. The Bertz CT molecular complexity index is 730. The Morgan fingerprint density at radius 3 is 2.87 bits per heavy atom. The molecular weight excluding hydrogens is 294 g/mol. The Balaban J connectivity index is 1.47. The maximum absolute atomic E-state index is 12.7. The normalized spacial score (nSPS) is 21.4. The van der Waals surface area contributed by atoms with Crippen molar-refractivity contribution in [3.8, 4) is 0 Å². The van der Waals surface area contributed by atoms with Crippen LogP contribution in [0.4, 0.5) is 5.82 Å². The highest BCUT2D eigenvalue weighted by Gasteiger charge is 2.36. The molecule has 23 heavy (non-hydrogen) atoms. The lowest BCUT2D eigenvalue weighted by Gasteiger charge is -2.16. The van der Waals surface area contributed by atoms with Crippen LogP contribution in [0.3, 0.4) is 0 Å². The van der Waals surface area contributed by atoms with Crippen molar-refractivity contribution in [1.82, 2.24) is 30.1 Å². The summed E-state index contributed by atoms with van der Waals surface area (Å²) in [5.41, 5.74) is 1.80. The lowest BCUT2D eigenvalue weighted by Crippen LogP contribution is -2.30. The van der Waals surface area contributed by atoms with Crippen LogP contribution < -0.4 is 10.2 Å². The zero-order chi connectivity index (χ0) is 16.0. The Morgan fingerprint density at radius 1 is 1.35 bits per heavy atom. The van der Waals surface area contributed by atoms with Gasteiger partial charge < -0.3 is 5.32 Å². The highest BCUT2D eigenvalue weighted by molar-refractivity contribution is 5.97. The minimum atomic E-state index is -0.271. The number of hydrogen-bond donors (Lipinski definition) is 1. The number of amides is 1. The molecule has 1 saturated carbocycles. The number of rotatable bonds is 5. The first kappa shape index (κ1) is 14.4. The minimum Gasteiger partial charge on any atom is -0.308 e. The first-order valence-electron chi connectivity index (χ1n) is 8.08. The summed E-state index contributed by atoms with van der Waals surface area (Å²) in [6.45, 7) is 3.33. The van der Waals surface area contributed by atoms with Gasteiger partial charge in [-0.15, -0.1) is 5.10 Å². The molecule has 1 N–H and O–H groups in total. The molecule has 1 amide bonds. The van der Waals surface area contributed by atoms with E-state index in [0.29, 0.717) is 12.6 Å². The number of anilines is 1. The van der Waals surface area contributed by atoms with Crippen molar-refractivity contribution >= 4 is 11.7 Å². The zero-order valence-electron chi connectivity index (χ0n) is 13.4. The second-order valence-electron chi connectivity index (χ2n) is 6.41. The molecule has 2 aliphatic rings. The van der Waals surface area contributed by atoms with Crippen LogP contribution in [0, 0.1) is 6.92 Å². The number of aryl methyl sites for hydroxylation is 2. The average Bonchev–Trinajstić information content (AvgIpc) is 2.94. The third-order valence-electron chi connectivity index (χ3n) is 4.46. The number of nitrogens with zero attached hydrogens (tertiary/aromatic N) is 6. The van der Waals surface area contributed by atoms with Crippen molar-refractivity contribution in [2.45, 2.75) is 44.8 Å². The van der Waals surface area contributed by atoms with E-state index in [2.05, 4.69) is 20.7 Å². The second kappa shape index (κ2) is 5.45. The van der Waals surface area contributed by atoms with E-state index in [4.69, 9.17) is 0 Å². The fourth-order valence-electron chi connectivity index (χ4n) is 3.07. The molecule has 1 aliphatic heterocycles. The van der Waals surface area contributed by atoms with E-state index in [9.17, 15) is 4.79 Å². The number of hydrogen-bond acceptors (Lipinski definition) is 5. The Morgan fingerprint density at radius 2 is 2.17 bits per heavy atom. The van der Waals surface area contributed by atoms with E-state index in [1.807, 2.05) is 26.2 Å². The van der Waals surface area contributed by atoms with E-state index in [1.165, 1.54) is 12.8 Å². The standard InChI is InChI=1S/C15H21N7O/c1-10-7-14(20(2)18-10)21-6-5-13(15(21)23)22-9-12(17-19-22)8-16-11-3-4-11/h7,9,11,13,16H,3-6,8H2,1-2H3. The SMILES string of the molecule is Cc1cc(N2CCC(n3cc(CNC4CC4)nn3)C2=O)n(C)n1. The van der Waals surface area contributed by atoms with E-state index in [1.54, 1.807) is 14.3 Å². The summed E-state index contributed by atoms with van der Waals surface area (Å²) >= 11 is 0. The summed E-state index contributed by atoms with van der Waals surface area (Å²) in [6.07, 6.45) is 5.11.